The van der Waals surface area contributed by atoms with Crippen LogP contribution in [0.15, 0.2) is 36.4 Å². The summed E-state index contributed by atoms with van der Waals surface area (Å²) in [6.45, 7) is 3.97. The second-order valence-corrected chi connectivity index (χ2v) is 8.81. The molecule has 148 valence electrons. The molecule has 0 radical (unpaired) electrons. The molecule has 2 aromatic carbocycles. The Kier molecular flexibility index (Phi) is 4.62. The number of nitrogens with zero attached hydrogens (tertiary/aromatic N) is 1. The number of likely N-dealkylation sites (tertiary alicyclic amines) is 1. The lowest BCUT2D eigenvalue weighted by atomic mass is 9.87. The predicted octanol–water partition coefficient (Wildman–Crippen LogP) is 3.41. The third-order valence-electron chi connectivity index (χ3n) is 6.58. The Balaban J connectivity index is 1.19. The molecule has 2 N–H and O–H groups in total. The summed E-state index contributed by atoms with van der Waals surface area (Å²) in [5.41, 5.74) is 1.72. The minimum Gasteiger partial charge on any atom is -0.478 e. The van der Waals surface area contributed by atoms with Crippen LogP contribution in [0.25, 0.3) is 10.8 Å². The van der Waals surface area contributed by atoms with Gasteiger partial charge < -0.3 is 15.2 Å². The van der Waals surface area contributed by atoms with Gasteiger partial charge in [0.05, 0.1) is 17.8 Å². The van der Waals surface area contributed by atoms with Crippen LogP contribution in [0, 0.1) is 0 Å². The van der Waals surface area contributed by atoms with E-state index < -0.39 is 5.97 Å². The summed E-state index contributed by atoms with van der Waals surface area (Å²) in [7, 11) is 0. The molecule has 5 nitrogen and oxygen atoms in total. The number of nitrogens with one attached hydrogen (secondary N) is 1. The second kappa shape index (κ2) is 7.14. The highest BCUT2D eigenvalue weighted by Gasteiger charge is 2.43. The zero-order chi connectivity index (χ0) is 19.1. The smallest absolute Gasteiger partial charge is 0.335 e. The average Bonchev–Trinajstić information content (AvgIpc) is 3.43. The summed E-state index contributed by atoms with van der Waals surface area (Å²) in [4.78, 5) is 13.7. The first-order chi connectivity index (χ1) is 13.6. The minimum absolute atomic E-state index is 0.0969. The van der Waals surface area contributed by atoms with Gasteiger partial charge >= 0.3 is 5.97 Å². The normalized spacial score (nSPS) is 24.8. The molecule has 5 rings (SSSR count). The van der Waals surface area contributed by atoms with E-state index in [1.165, 1.54) is 24.8 Å². The van der Waals surface area contributed by atoms with Gasteiger partial charge in [-0.1, -0.05) is 18.2 Å². The molecular weight excluding hydrogens is 352 g/mol. The number of aromatic carboxylic acids is 1. The second-order valence-electron chi connectivity index (χ2n) is 8.81. The average molecular weight is 380 g/mol. The van der Waals surface area contributed by atoms with Crippen LogP contribution < -0.4 is 5.32 Å². The maximum atomic E-state index is 11.1. The van der Waals surface area contributed by atoms with Gasteiger partial charge in [-0.05, 0) is 66.6 Å². The molecule has 0 bridgehead atoms. The third-order valence-corrected chi connectivity index (χ3v) is 6.58. The summed E-state index contributed by atoms with van der Waals surface area (Å²) in [5, 5.41) is 15.0. The first kappa shape index (κ1) is 18.1. The van der Waals surface area contributed by atoms with Gasteiger partial charge in [0.2, 0.25) is 0 Å². The van der Waals surface area contributed by atoms with Gasteiger partial charge in [0, 0.05) is 31.7 Å². The number of carboxylic acids is 1. The van der Waals surface area contributed by atoms with Crippen LogP contribution in [0.3, 0.4) is 0 Å². The van der Waals surface area contributed by atoms with Crippen molar-refractivity contribution in [3.8, 4) is 0 Å². The van der Waals surface area contributed by atoms with Crippen LogP contribution in [0.1, 0.15) is 48.0 Å². The Morgan fingerprint density at radius 3 is 2.61 bits per heavy atom. The molecule has 2 aliphatic heterocycles. The zero-order valence-corrected chi connectivity index (χ0v) is 16.2. The van der Waals surface area contributed by atoms with Gasteiger partial charge in [-0.2, -0.15) is 0 Å². The van der Waals surface area contributed by atoms with Crippen LogP contribution in [-0.4, -0.2) is 53.4 Å². The van der Waals surface area contributed by atoms with Crippen molar-refractivity contribution >= 4 is 16.7 Å². The molecule has 3 fully saturated rings. The number of hydrogen-bond acceptors (Lipinski definition) is 4. The number of carbonyl (C=O) groups is 1. The maximum Gasteiger partial charge on any atom is 0.335 e. The molecule has 1 spiro atoms. The molecule has 5 heteroatoms. The first-order valence-corrected chi connectivity index (χ1v) is 10.5. The summed E-state index contributed by atoms with van der Waals surface area (Å²) in [6.07, 6.45) is 6.07. The molecule has 2 aromatic rings. The molecule has 28 heavy (non-hydrogen) atoms. The Morgan fingerprint density at radius 1 is 1.11 bits per heavy atom. The standard InChI is InChI=1S/C23H28N2O3/c26-22(27)19-4-3-17-11-16(1-2-18(17)12-19)14-25-9-7-23(8-10-25)13-21(15-28-23)24-20-5-6-20/h1-4,11-12,20-21,24H,5-10,13-15H2,(H,26,27). The van der Waals surface area contributed by atoms with Crippen molar-refractivity contribution in [1.29, 1.82) is 0 Å². The van der Waals surface area contributed by atoms with Crippen molar-refractivity contribution in [2.45, 2.75) is 56.3 Å². The predicted molar refractivity (Wildman–Crippen MR) is 109 cm³/mol. The van der Waals surface area contributed by atoms with Gasteiger partial charge in [-0.25, -0.2) is 4.79 Å². The molecule has 1 saturated carbocycles. The number of carboxylic acid groups (broad SMARTS) is 1. The van der Waals surface area contributed by atoms with Gasteiger partial charge in [-0.3, -0.25) is 4.90 Å². The molecular formula is C23H28N2O3. The van der Waals surface area contributed by atoms with E-state index in [0.717, 1.165) is 55.9 Å². The molecule has 2 heterocycles. The van der Waals surface area contributed by atoms with Crippen molar-refractivity contribution in [1.82, 2.24) is 10.2 Å². The Hall–Kier alpha value is -1.95. The fraction of sp³-hybridized carbons (Fsp3) is 0.522. The van der Waals surface area contributed by atoms with E-state index in [9.17, 15) is 4.79 Å². The number of piperidine rings is 1. The monoisotopic (exact) mass is 380 g/mol. The van der Waals surface area contributed by atoms with Crippen molar-refractivity contribution in [2.75, 3.05) is 19.7 Å². The van der Waals surface area contributed by atoms with Crippen LogP contribution in [0.4, 0.5) is 0 Å². The highest BCUT2D eigenvalue weighted by Crippen LogP contribution is 2.37. The van der Waals surface area contributed by atoms with Gasteiger partial charge in [0.1, 0.15) is 0 Å². The fourth-order valence-corrected chi connectivity index (χ4v) is 4.79. The fourth-order valence-electron chi connectivity index (χ4n) is 4.79. The van der Waals surface area contributed by atoms with Crippen molar-refractivity contribution in [3.63, 3.8) is 0 Å². The highest BCUT2D eigenvalue weighted by atomic mass is 16.5. The molecule has 2 saturated heterocycles. The lowest BCUT2D eigenvalue weighted by Crippen LogP contribution is -2.44. The van der Waals surface area contributed by atoms with Crippen molar-refractivity contribution < 1.29 is 14.6 Å². The zero-order valence-electron chi connectivity index (χ0n) is 16.2. The number of ether oxygens (including phenoxy) is 1. The topological polar surface area (TPSA) is 61.8 Å². The summed E-state index contributed by atoms with van der Waals surface area (Å²) >= 11 is 0. The first-order valence-electron chi connectivity index (χ1n) is 10.5. The van der Waals surface area contributed by atoms with Gasteiger partial charge in [-0.15, -0.1) is 0 Å². The summed E-state index contributed by atoms with van der Waals surface area (Å²) in [6, 6.07) is 13.0. The van der Waals surface area contributed by atoms with E-state index in [1.807, 2.05) is 12.1 Å². The van der Waals surface area contributed by atoms with Crippen LogP contribution >= 0.6 is 0 Å². The third kappa shape index (κ3) is 3.79. The molecule has 1 aliphatic carbocycles. The number of rotatable bonds is 5. The molecule has 1 atom stereocenters. The SMILES string of the molecule is O=C(O)c1ccc2cc(CN3CCC4(CC3)CC(NC3CC3)CO4)ccc2c1. The highest BCUT2D eigenvalue weighted by molar-refractivity contribution is 5.94. The Bertz CT molecular complexity index is 885. The Labute approximate surface area is 165 Å². The quantitative estimate of drug-likeness (QED) is 0.832. The minimum atomic E-state index is -0.878. The van der Waals surface area contributed by atoms with Crippen LogP contribution in [-0.2, 0) is 11.3 Å². The van der Waals surface area contributed by atoms with Crippen LogP contribution in [0.2, 0.25) is 0 Å². The maximum absolute atomic E-state index is 11.1. The summed E-state index contributed by atoms with van der Waals surface area (Å²) < 4.78 is 6.27. The van der Waals surface area contributed by atoms with Crippen LogP contribution in [0.5, 0.6) is 0 Å². The number of hydrogen-bond donors (Lipinski definition) is 2. The number of benzene rings is 2. The van der Waals surface area contributed by atoms with Crippen molar-refractivity contribution in [3.05, 3.63) is 47.5 Å². The van der Waals surface area contributed by atoms with Crippen molar-refractivity contribution in [2.24, 2.45) is 0 Å². The lowest BCUT2D eigenvalue weighted by molar-refractivity contribution is -0.0449. The number of fused-ring (bicyclic) bond motifs is 1. The lowest BCUT2D eigenvalue weighted by Gasteiger charge is -2.38. The summed E-state index contributed by atoms with van der Waals surface area (Å²) in [5.74, 6) is -0.878. The van der Waals surface area contributed by atoms with E-state index in [0.29, 0.717) is 11.6 Å². The van der Waals surface area contributed by atoms with E-state index >= 15 is 0 Å². The molecule has 0 aromatic heterocycles. The van der Waals surface area contributed by atoms with Gasteiger partial charge in [0.15, 0.2) is 0 Å². The Morgan fingerprint density at radius 2 is 1.86 bits per heavy atom. The van der Waals surface area contributed by atoms with E-state index in [4.69, 9.17) is 9.84 Å². The van der Waals surface area contributed by atoms with Gasteiger partial charge in [0.25, 0.3) is 0 Å². The molecule has 1 unspecified atom stereocenters. The van der Waals surface area contributed by atoms with E-state index in [1.54, 1.807) is 12.1 Å². The molecule has 3 aliphatic rings. The molecule has 0 amide bonds. The largest absolute Gasteiger partial charge is 0.478 e. The van der Waals surface area contributed by atoms with E-state index in [-0.39, 0.29) is 5.60 Å². The van der Waals surface area contributed by atoms with E-state index in [2.05, 4.69) is 22.3 Å².